The smallest absolute Gasteiger partial charge is 0.0236 e. The van der Waals surface area contributed by atoms with E-state index in [1.165, 1.54) is 56.2 Å². The quantitative estimate of drug-likeness (QED) is 0.803. The lowest BCUT2D eigenvalue weighted by atomic mass is 9.89. The lowest BCUT2D eigenvalue weighted by molar-refractivity contribution is 0.117. The first kappa shape index (κ1) is 17.5. The maximum absolute atomic E-state index is 6.10. The van der Waals surface area contributed by atoms with Crippen LogP contribution in [0.2, 0.25) is 0 Å². The summed E-state index contributed by atoms with van der Waals surface area (Å²) >= 11 is 0. The molecule has 0 aliphatic heterocycles. The predicted molar refractivity (Wildman–Crippen MR) is 95.9 cm³/mol. The predicted octanol–water partition coefficient (Wildman–Crippen LogP) is 4.50. The van der Waals surface area contributed by atoms with Crippen LogP contribution in [0.5, 0.6) is 0 Å². The third-order valence-electron chi connectivity index (χ3n) is 5.37. The molecule has 22 heavy (non-hydrogen) atoms. The van der Waals surface area contributed by atoms with E-state index in [9.17, 15) is 0 Å². The second-order valence-corrected chi connectivity index (χ2v) is 7.17. The Morgan fingerprint density at radius 1 is 1.14 bits per heavy atom. The average Bonchev–Trinajstić information content (AvgIpc) is 2.52. The minimum Gasteiger partial charge on any atom is -0.328 e. The zero-order valence-corrected chi connectivity index (χ0v) is 14.7. The molecule has 2 rings (SSSR count). The Labute approximate surface area is 137 Å². The summed E-state index contributed by atoms with van der Waals surface area (Å²) in [6, 6.07) is 10.2. The monoisotopic (exact) mass is 302 g/mol. The fourth-order valence-corrected chi connectivity index (χ4v) is 3.73. The number of nitrogens with two attached hydrogens (primary N) is 1. The van der Waals surface area contributed by atoms with Crippen molar-refractivity contribution in [2.45, 2.75) is 77.9 Å². The molecule has 2 heteroatoms. The van der Waals surface area contributed by atoms with Crippen molar-refractivity contribution in [2.75, 3.05) is 6.54 Å². The van der Waals surface area contributed by atoms with E-state index in [0.717, 1.165) is 18.5 Å². The molecule has 0 bridgehead atoms. The van der Waals surface area contributed by atoms with Crippen molar-refractivity contribution in [1.82, 2.24) is 4.90 Å². The summed E-state index contributed by atoms with van der Waals surface area (Å²) in [6.07, 6.45) is 7.50. The maximum Gasteiger partial charge on any atom is 0.0236 e. The van der Waals surface area contributed by atoms with Crippen LogP contribution in [0.1, 0.15) is 63.5 Å². The molecular formula is C20H34N2. The summed E-state index contributed by atoms with van der Waals surface area (Å²) in [7, 11) is 0. The van der Waals surface area contributed by atoms with Gasteiger partial charge in [0, 0.05) is 25.2 Å². The fraction of sp³-hybridized carbons (Fsp3) is 0.700. The molecule has 2 nitrogen and oxygen atoms in total. The third-order valence-corrected chi connectivity index (χ3v) is 5.37. The van der Waals surface area contributed by atoms with Crippen molar-refractivity contribution < 1.29 is 0 Å². The van der Waals surface area contributed by atoms with E-state index in [0.29, 0.717) is 6.04 Å². The van der Waals surface area contributed by atoms with E-state index < -0.39 is 0 Å². The molecule has 1 aromatic carbocycles. The summed E-state index contributed by atoms with van der Waals surface area (Å²) in [5, 5.41) is 0. The van der Waals surface area contributed by atoms with Crippen molar-refractivity contribution >= 4 is 0 Å². The SMILES string of the molecule is CCC(CC)CN(Cc1cccc(C)c1)C1CCC(N)CC1. The molecule has 0 saturated heterocycles. The molecule has 124 valence electrons. The number of hydrogen-bond acceptors (Lipinski definition) is 2. The topological polar surface area (TPSA) is 29.3 Å². The molecule has 0 radical (unpaired) electrons. The van der Waals surface area contributed by atoms with Crippen LogP contribution in [-0.4, -0.2) is 23.5 Å². The van der Waals surface area contributed by atoms with Gasteiger partial charge in [-0.25, -0.2) is 0 Å². The van der Waals surface area contributed by atoms with Crippen molar-refractivity contribution in [3.63, 3.8) is 0 Å². The van der Waals surface area contributed by atoms with Gasteiger partial charge in [0.2, 0.25) is 0 Å². The number of hydrogen-bond donors (Lipinski definition) is 1. The van der Waals surface area contributed by atoms with Gasteiger partial charge in [-0.2, -0.15) is 0 Å². The zero-order chi connectivity index (χ0) is 15.9. The molecule has 1 aromatic rings. The minimum atomic E-state index is 0.435. The van der Waals surface area contributed by atoms with E-state index in [1.54, 1.807) is 0 Å². The van der Waals surface area contributed by atoms with Gasteiger partial charge in [0.25, 0.3) is 0 Å². The van der Waals surface area contributed by atoms with E-state index in [1.807, 2.05) is 0 Å². The van der Waals surface area contributed by atoms with Gasteiger partial charge < -0.3 is 5.73 Å². The van der Waals surface area contributed by atoms with Crippen LogP contribution in [0.3, 0.4) is 0 Å². The molecule has 0 aromatic heterocycles. The number of aryl methyl sites for hydroxylation is 1. The van der Waals surface area contributed by atoms with Crippen molar-refractivity contribution in [3.05, 3.63) is 35.4 Å². The second kappa shape index (κ2) is 8.69. The molecule has 0 unspecified atom stereocenters. The van der Waals surface area contributed by atoms with Crippen LogP contribution in [0.15, 0.2) is 24.3 Å². The summed E-state index contributed by atoms with van der Waals surface area (Å²) in [5.41, 5.74) is 8.93. The van der Waals surface area contributed by atoms with Crippen LogP contribution in [0.4, 0.5) is 0 Å². The molecule has 1 fully saturated rings. The number of benzene rings is 1. The standard InChI is InChI=1S/C20H34N2/c1-4-17(5-2)14-22(20-11-9-19(21)10-12-20)15-18-8-6-7-16(3)13-18/h6-8,13,17,19-20H,4-5,9-12,14-15,21H2,1-3H3. The molecule has 1 saturated carbocycles. The molecule has 0 spiro atoms. The summed E-state index contributed by atoms with van der Waals surface area (Å²) < 4.78 is 0. The lowest BCUT2D eigenvalue weighted by Crippen LogP contribution is -2.42. The van der Waals surface area contributed by atoms with Gasteiger partial charge in [-0.1, -0.05) is 56.5 Å². The van der Waals surface area contributed by atoms with Crippen molar-refractivity contribution in [2.24, 2.45) is 11.7 Å². The summed E-state index contributed by atoms with van der Waals surface area (Å²) in [6.45, 7) is 9.18. The van der Waals surface area contributed by atoms with Crippen LogP contribution in [0, 0.1) is 12.8 Å². The van der Waals surface area contributed by atoms with Gasteiger partial charge in [0.15, 0.2) is 0 Å². The molecule has 0 heterocycles. The van der Waals surface area contributed by atoms with Crippen LogP contribution >= 0.6 is 0 Å². The highest BCUT2D eigenvalue weighted by Crippen LogP contribution is 2.26. The molecule has 0 amide bonds. The first-order chi connectivity index (χ1) is 10.6. The van der Waals surface area contributed by atoms with E-state index in [2.05, 4.69) is 49.9 Å². The van der Waals surface area contributed by atoms with Crippen LogP contribution in [-0.2, 0) is 6.54 Å². The fourth-order valence-electron chi connectivity index (χ4n) is 3.73. The highest BCUT2D eigenvalue weighted by atomic mass is 15.2. The Bertz CT molecular complexity index is 431. The molecular weight excluding hydrogens is 268 g/mol. The van der Waals surface area contributed by atoms with Crippen LogP contribution < -0.4 is 5.73 Å². The molecule has 1 aliphatic rings. The second-order valence-electron chi connectivity index (χ2n) is 7.17. The van der Waals surface area contributed by atoms with Gasteiger partial charge in [0.05, 0.1) is 0 Å². The first-order valence-corrected chi connectivity index (χ1v) is 9.17. The van der Waals surface area contributed by atoms with Gasteiger partial charge >= 0.3 is 0 Å². The third kappa shape index (κ3) is 5.10. The zero-order valence-electron chi connectivity index (χ0n) is 14.7. The normalized spacial score (nSPS) is 22.5. The maximum atomic E-state index is 6.10. The molecule has 2 N–H and O–H groups in total. The Balaban J connectivity index is 2.06. The molecule has 0 atom stereocenters. The van der Waals surface area contributed by atoms with E-state index >= 15 is 0 Å². The Hall–Kier alpha value is -0.860. The highest BCUT2D eigenvalue weighted by molar-refractivity contribution is 5.22. The Morgan fingerprint density at radius 3 is 2.41 bits per heavy atom. The van der Waals surface area contributed by atoms with Crippen LogP contribution in [0.25, 0.3) is 0 Å². The Morgan fingerprint density at radius 2 is 1.82 bits per heavy atom. The molecule has 1 aliphatic carbocycles. The largest absolute Gasteiger partial charge is 0.328 e. The van der Waals surface area contributed by atoms with Gasteiger partial charge in [-0.05, 0) is 44.1 Å². The average molecular weight is 303 g/mol. The first-order valence-electron chi connectivity index (χ1n) is 9.17. The van der Waals surface area contributed by atoms with Gasteiger partial charge in [-0.15, -0.1) is 0 Å². The van der Waals surface area contributed by atoms with E-state index in [-0.39, 0.29) is 0 Å². The van der Waals surface area contributed by atoms with Crippen molar-refractivity contribution in [3.8, 4) is 0 Å². The van der Waals surface area contributed by atoms with Gasteiger partial charge in [-0.3, -0.25) is 4.90 Å². The minimum absolute atomic E-state index is 0.435. The highest BCUT2D eigenvalue weighted by Gasteiger charge is 2.25. The van der Waals surface area contributed by atoms with Gasteiger partial charge in [0.1, 0.15) is 0 Å². The Kier molecular flexibility index (Phi) is 6.91. The number of nitrogens with zero attached hydrogens (tertiary/aromatic N) is 1. The van der Waals surface area contributed by atoms with Crippen molar-refractivity contribution in [1.29, 1.82) is 0 Å². The summed E-state index contributed by atoms with van der Waals surface area (Å²) in [5.74, 6) is 0.820. The van der Waals surface area contributed by atoms with E-state index in [4.69, 9.17) is 5.73 Å². The summed E-state index contributed by atoms with van der Waals surface area (Å²) in [4.78, 5) is 2.75. The lowest BCUT2D eigenvalue weighted by Gasteiger charge is -2.38. The number of rotatable bonds is 7.